The first kappa shape index (κ1) is 21.1. The van der Waals surface area contributed by atoms with E-state index in [0.717, 1.165) is 29.2 Å². The Morgan fingerprint density at radius 2 is 1.50 bits per heavy atom. The molecular formula is C23H15F3N2O4. The van der Waals surface area contributed by atoms with Gasteiger partial charge in [0, 0.05) is 5.69 Å². The number of benzene rings is 3. The van der Waals surface area contributed by atoms with Gasteiger partial charge in [-0.25, -0.2) is 4.90 Å². The number of hydrogen-bond donors (Lipinski definition) is 1. The predicted molar refractivity (Wildman–Crippen MR) is 110 cm³/mol. The molecule has 9 heteroatoms. The first-order chi connectivity index (χ1) is 15.2. The number of amides is 3. The summed E-state index contributed by atoms with van der Waals surface area (Å²) in [5.41, 5.74) is 0.394. The van der Waals surface area contributed by atoms with E-state index >= 15 is 0 Å². The lowest BCUT2D eigenvalue weighted by atomic mass is 10.1. The highest BCUT2D eigenvalue weighted by atomic mass is 19.4. The van der Waals surface area contributed by atoms with E-state index in [2.05, 4.69) is 5.32 Å². The van der Waals surface area contributed by atoms with Crippen LogP contribution in [0.25, 0.3) is 0 Å². The molecule has 0 spiro atoms. The van der Waals surface area contributed by atoms with Gasteiger partial charge in [-0.15, -0.1) is 0 Å². The van der Waals surface area contributed by atoms with Crippen LogP contribution in [0.2, 0.25) is 0 Å². The van der Waals surface area contributed by atoms with Gasteiger partial charge in [-0.1, -0.05) is 18.2 Å². The molecule has 0 unspecified atom stereocenters. The Bertz CT molecular complexity index is 1170. The third kappa shape index (κ3) is 4.18. The third-order valence-corrected chi connectivity index (χ3v) is 4.73. The molecule has 3 aromatic rings. The zero-order valence-electron chi connectivity index (χ0n) is 16.3. The molecule has 3 aromatic carbocycles. The second kappa shape index (κ2) is 8.18. The van der Waals surface area contributed by atoms with Gasteiger partial charge in [-0.05, 0) is 54.6 Å². The molecule has 3 amide bonds. The van der Waals surface area contributed by atoms with Crippen LogP contribution in [0.15, 0.2) is 72.8 Å². The topological polar surface area (TPSA) is 75.7 Å². The van der Waals surface area contributed by atoms with Gasteiger partial charge in [0.25, 0.3) is 17.7 Å². The number of anilines is 2. The van der Waals surface area contributed by atoms with Crippen molar-refractivity contribution in [3.8, 4) is 5.75 Å². The summed E-state index contributed by atoms with van der Waals surface area (Å²) >= 11 is 0. The Hall–Kier alpha value is -4.14. The monoisotopic (exact) mass is 440 g/mol. The minimum Gasteiger partial charge on any atom is -0.484 e. The fourth-order valence-electron chi connectivity index (χ4n) is 3.23. The maximum absolute atomic E-state index is 12.6. The average molecular weight is 440 g/mol. The van der Waals surface area contributed by atoms with Gasteiger partial charge < -0.3 is 10.1 Å². The molecule has 0 fully saturated rings. The van der Waals surface area contributed by atoms with Crippen molar-refractivity contribution in [1.82, 2.24) is 0 Å². The van der Waals surface area contributed by atoms with E-state index in [9.17, 15) is 27.6 Å². The van der Waals surface area contributed by atoms with Gasteiger partial charge in [0.05, 0.1) is 22.4 Å². The number of nitrogens with zero attached hydrogens (tertiary/aromatic N) is 1. The molecule has 6 nitrogen and oxygen atoms in total. The van der Waals surface area contributed by atoms with Crippen molar-refractivity contribution in [1.29, 1.82) is 0 Å². The molecule has 1 aliphatic heterocycles. The average Bonchev–Trinajstić information content (AvgIpc) is 3.02. The Kier molecular flexibility index (Phi) is 5.40. The SMILES string of the molecule is O=C(COc1ccc(C(F)(F)F)cc1)Nc1cccc(N2C(=O)c3ccccc3C2=O)c1. The van der Waals surface area contributed by atoms with Crippen LogP contribution in [-0.4, -0.2) is 24.3 Å². The van der Waals surface area contributed by atoms with Crippen molar-refractivity contribution in [2.75, 3.05) is 16.8 Å². The standard InChI is InChI=1S/C23H15F3N2O4/c24-23(25,26)14-8-10-17(11-9-14)32-13-20(29)27-15-4-3-5-16(12-15)28-21(30)18-6-1-2-7-19(18)22(28)31/h1-12H,13H2,(H,27,29). The van der Waals surface area contributed by atoms with E-state index in [1.165, 1.54) is 6.07 Å². The summed E-state index contributed by atoms with van der Waals surface area (Å²) in [7, 11) is 0. The highest BCUT2D eigenvalue weighted by molar-refractivity contribution is 6.34. The fraction of sp³-hybridized carbons (Fsp3) is 0.0870. The van der Waals surface area contributed by atoms with E-state index in [1.807, 2.05) is 0 Å². The summed E-state index contributed by atoms with van der Waals surface area (Å²) in [4.78, 5) is 38.4. The van der Waals surface area contributed by atoms with Crippen molar-refractivity contribution >= 4 is 29.1 Å². The molecule has 1 N–H and O–H groups in total. The number of imide groups is 1. The molecule has 0 bridgehead atoms. The summed E-state index contributed by atoms with van der Waals surface area (Å²) in [5.74, 6) is -1.38. The van der Waals surface area contributed by atoms with Crippen LogP contribution in [0, 0.1) is 0 Å². The zero-order valence-corrected chi connectivity index (χ0v) is 16.3. The Balaban J connectivity index is 1.41. The third-order valence-electron chi connectivity index (χ3n) is 4.73. The fourth-order valence-corrected chi connectivity index (χ4v) is 3.23. The van der Waals surface area contributed by atoms with Crippen LogP contribution in [0.5, 0.6) is 5.75 Å². The lowest BCUT2D eigenvalue weighted by Gasteiger charge is -2.15. The molecule has 0 atom stereocenters. The van der Waals surface area contributed by atoms with Crippen LogP contribution in [0.1, 0.15) is 26.3 Å². The van der Waals surface area contributed by atoms with Crippen molar-refractivity contribution in [2.24, 2.45) is 0 Å². The molecule has 162 valence electrons. The van der Waals surface area contributed by atoms with Crippen molar-refractivity contribution in [2.45, 2.75) is 6.18 Å². The minimum absolute atomic E-state index is 0.105. The maximum atomic E-state index is 12.6. The predicted octanol–water partition coefficient (Wildman–Crippen LogP) is 4.52. The van der Waals surface area contributed by atoms with E-state index in [-0.39, 0.29) is 11.4 Å². The number of nitrogens with one attached hydrogen (secondary N) is 1. The summed E-state index contributed by atoms with van der Waals surface area (Å²) in [6.07, 6.45) is -4.46. The van der Waals surface area contributed by atoms with Crippen LogP contribution < -0.4 is 15.0 Å². The molecule has 0 aromatic heterocycles. The van der Waals surface area contributed by atoms with E-state index in [1.54, 1.807) is 42.5 Å². The highest BCUT2D eigenvalue weighted by Crippen LogP contribution is 2.31. The maximum Gasteiger partial charge on any atom is 0.416 e. The lowest BCUT2D eigenvalue weighted by molar-refractivity contribution is -0.137. The zero-order chi connectivity index (χ0) is 22.9. The molecule has 0 radical (unpaired) electrons. The van der Waals surface area contributed by atoms with Gasteiger partial charge in [-0.3, -0.25) is 14.4 Å². The number of alkyl halides is 3. The number of carbonyl (C=O) groups excluding carboxylic acids is 3. The highest BCUT2D eigenvalue weighted by Gasteiger charge is 2.36. The number of hydrogen-bond acceptors (Lipinski definition) is 4. The summed E-state index contributed by atoms with van der Waals surface area (Å²) in [6.45, 7) is -0.442. The number of carbonyl (C=O) groups is 3. The van der Waals surface area contributed by atoms with E-state index in [4.69, 9.17) is 4.74 Å². The van der Waals surface area contributed by atoms with Crippen molar-refractivity contribution in [3.63, 3.8) is 0 Å². The lowest BCUT2D eigenvalue weighted by Crippen LogP contribution is -2.29. The molecule has 4 rings (SSSR count). The first-order valence-electron chi connectivity index (χ1n) is 9.42. The second-order valence-electron chi connectivity index (χ2n) is 6.90. The normalized spacial score (nSPS) is 13.2. The van der Waals surface area contributed by atoms with Crippen molar-refractivity contribution < 1.29 is 32.3 Å². The van der Waals surface area contributed by atoms with E-state index < -0.39 is 36.1 Å². The van der Waals surface area contributed by atoms with E-state index in [0.29, 0.717) is 16.8 Å². The summed E-state index contributed by atoms with van der Waals surface area (Å²) < 4.78 is 43.0. The van der Waals surface area contributed by atoms with Gasteiger partial charge in [0.15, 0.2) is 6.61 Å². The summed E-state index contributed by atoms with van der Waals surface area (Å²) in [5, 5.41) is 2.57. The molecule has 32 heavy (non-hydrogen) atoms. The van der Waals surface area contributed by atoms with Gasteiger partial charge in [0.2, 0.25) is 0 Å². The smallest absolute Gasteiger partial charge is 0.416 e. The van der Waals surface area contributed by atoms with Crippen LogP contribution in [0.3, 0.4) is 0 Å². The van der Waals surface area contributed by atoms with Crippen LogP contribution >= 0.6 is 0 Å². The van der Waals surface area contributed by atoms with Gasteiger partial charge in [-0.2, -0.15) is 13.2 Å². The number of fused-ring (bicyclic) bond motifs is 1. The minimum atomic E-state index is -4.46. The Morgan fingerprint density at radius 1 is 0.875 bits per heavy atom. The Morgan fingerprint density at radius 3 is 2.09 bits per heavy atom. The van der Waals surface area contributed by atoms with Gasteiger partial charge >= 0.3 is 6.18 Å². The summed E-state index contributed by atoms with van der Waals surface area (Å²) in [6, 6.07) is 16.6. The van der Waals surface area contributed by atoms with Crippen molar-refractivity contribution in [3.05, 3.63) is 89.5 Å². The van der Waals surface area contributed by atoms with Crippen LogP contribution in [-0.2, 0) is 11.0 Å². The molecular weight excluding hydrogens is 425 g/mol. The molecule has 0 saturated heterocycles. The largest absolute Gasteiger partial charge is 0.484 e. The molecule has 0 aliphatic carbocycles. The molecule has 1 heterocycles. The number of rotatable bonds is 5. The number of halogens is 3. The second-order valence-corrected chi connectivity index (χ2v) is 6.90. The molecule has 0 saturated carbocycles. The molecule has 1 aliphatic rings. The number of ether oxygens (including phenoxy) is 1. The van der Waals surface area contributed by atoms with Gasteiger partial charge in [0.1, 0.15) is 5.75 Å². The Labute approximate surface area is 180 Å². The first-order valence-corrected chi connectivity index (χ1v) is 9.42. The van der Waals surface area contributed by atoms with Crippen LogP contribution in [0.4, 0.5) is 24.5 Å². The quantitative estimate of drug-likeness (QED) is 0.592.